The molecular weight excluding hydrogens is 381 g/mol. The van der Waals surface area contributed by atoms with Gasteiger partial charge >= 0.3 is 0 Å². The molecule has 0 spiro atoms. The Morgan fingerprint density at radius 2 is 2.06 bits per heavy atom. The highest BCUT2D eigenvalue weighted by molar-refractivity contribution is 9.11. The van der Waals surface area contributed by atoms with Gasteiger partial charge in [0.25, 0.3) is 0 Å². The molecule has 0 aliphatic carbocycles. The van der Waals surface area contributed by atoms with Crippen molar-refractivity contribution in [2.45, 2.75) is 13.0 Å². The predicted molar refractivity (Wildman–Crippen MR) is 81.6 cm³/mol. The number of hydrogen-bond donors (Lipinski definition) is 1. The average Bonchev–Trinajstić information content (AvgIpc) is 2.77. The summed E-state index contributed by atoms with van der Waals surface area (Å²) in [4.78, 5) is 1.16. The van der Waals surface area contributed by atoms with Gasteiger partial charge in [-0.05, 0) is 62.2 Å². The van der Waals surface area contributed by atoms with Crippen LogP contribution in [0.4, 0.5) is 4.39 Å². The van der Waals surface area contributed by atoms with Crippen molar-refractivity contribution in [1.82, 2.24) is 5.32 Å². The van der Waals surface area contributed by atoms with Crippen molar-refractivity contribution in [2.75, 3.05) is 6.54 Å². The van der Waals surface area contributed by atoms with E-state index in [1.54, 1.807) is 17.4 Å². The lowest BCUT2D eigenvalue weighted by Crippen LogP contribution is -2.21. The van der Waals surface area contributed by atoms with Crippen molar-refractivity contribution >= 4 is 43.2 Å². The number of benzene rings is 1. The molecule has 0 bridgehead atoms. The van der Waals surface area contributed by atoms with Gasteiger partial charge in [-0.25, -0.2) is 4.39 Å². The van der Waals surface area contributed by atoms with E-state index < -0.39 is 0 Å². The highest BCUT2D eigenvalue weighted by Gasteiger charge is 2.19. The van der Waals surface area contributed by atoms with Gasteiger partial charge in [0.15, 0.2) is 0 Å². The third kappa shape index (κ3) is 3.02. The molecule has 96 valence electrons. The van der Waals surface area contributed by atoms with Crippen LogP contribution in [0.5, 0.6) is 0 Å². The van der Waals surface area contributed by atoms with Crippen molar-refractivity contribution in [2.24, 2.45) is 0 Å². The van der Waals surface area contributed by atoms with Crippen molar-refractivity contribution in [3.8, 4) is 0 Å². The third-order valence-corrected chi connectivity index (χ3v) is 5.10. The SMILES string of the molecule is CCNC(c1ccc(Br)s1)c1cccc(F)c1Br. The molecule has 2 aromatic rings. The lowest BCUT2D eigenvalue weighted by molar-refractivity contribution is 0.599. The van der Waals surface area contributed by atoms with Crippen LogP contribution >= 0.6 is 43.2 Å². The number of thiophene rings is 1. The van der Waals surface area contributed by atoms with Gasteiger partial charge in [-0.3, -0.25) is 0 Å². The Labute approximate surface area is 127 Å². The summed E-state index contributed by atoms with van der Waals surface area (Å²) < 4.78 is 15.2. The minimum atomic E-state index is -0.231. The predicted octanol–water partition coefficient (Wildman–Crippen LogP) is 5.11. The molecule has 1 aromatic heterocycles. The second-order valence-electron chi connectivity index (χ2n) is 3.78. The van der Waals surface area contributed by atoms with Crippen molar-refractivity contribution < 1.29 is 4.39 Å². The second-order valence-corrected chi connectivity index (χ2v) is 7.06. The molecule has 0 radical (unpaired) electrons. The van der Waals surface area contributed by atoms with E-state index in [4.69, 9.17) is 0 Å². The van der Waals surface area contributed by atoms with E-state index in [-0.39, 0.29) is 11.9 Å². The minimum Gasteiger partial charge on any atom is -0.306 e. The second kappa shape index (κ2) is 6.28. The number of hydrogen-bond acceptors (Lipinski definition) is 2. The standard InChI is InChI=1S/C13H12Br2FNS/c1-2-17-13(10-6-7-11(14)18-10)8-4-3-5-9(16)12(8)15/h3-7,13,17H,2H2,1H3. The largest absolute Gasteiger partial charge is 0.306 e. The number of rotatable bonds is 4. The normalized spacial score (nSPS) is 12.7. The van der Waals surface area contributed by atoms with Crippen LogP contribution < -0.4 is 5.32 Å². The summed E-state index contributed by atoms with van der Waals surface area (Å²) in [6.07, 6.45) is 0. The molecule has 1 atom stereocenters. The van der Waals surface area contributed by atoms with E-state index in [0.29, 0.717) is 4.47 Å². The molecule has 0 fully saturated rings. The fraction of sp³-hybridized carbons (Fsp3) is 0.231. The van der Waals surface area contributed by atoms with E-state index in [1.807, 2.05) is 19.1 Å². The molecule has 0 amide bonds. The van der Waals surface area contributed by atoms with Gasteiger partial charge in [-0.2, -0.15) is 0 Å². The van der Waals surface area contributed by atoms with Gasteiger partial charge < -0.3 is 5.32 Å². The van der Waals surface area contributed by atoms with Gasteiger partial charge in [0.05, 0.1) is 14.3 Å². The zero-order valence-corrected chi connectivity index (χ0v) is 13.7. The molecule has 0 saturated heterocycles. The summed E-state index contributed by atoms with van der Waals surface area (Å²) in [5.41, 5.74) is 0.922. The molecule has 1 unspecified atom stereocenters. The van der Waals surface area contributed by atoms with Gasteiger partial charge in [0, 0.05) is 4.88 Å². The molecule has 1 nitrogen and oxygen atoms in total. The minimum absolute atomic E-state index is 0.0105. The highest BCUT2D eigenvalue weighted by atomic mass is 79.9. The zero-order valence-electron chi connectivity index (χ0n) is 9.71. The van der Waals surface area contributed by atoms with E-state index >= 15 is 0 Å². The fourth-order valence-electron chi connectivity index (χ4n) is 1.79. The summed E-state index contributed by atoms with van der Waals surface area (Å²) in [5, 5.41) is 3.39. The average molecular weight is 393 g/mol. The molecule has 5 heteroatoms. The Bertz CT molecular complexity index is 542. The molecule has 0 saturated carbocycles. The zero-order chi connectivity index (χ0) is 13.1. The maximum absolute atomic E-state index is 13.6. The first kappa shape index (κ1) is 14.2. The van der Waals surface area contributed by atoms with Crippen molar-refractivity contribution in [1.29, 1.82) is 0 Å². The number of nitrogens with one attached hydrogen (secondary N) is 1. The molecule has 1 N–H and O–H groups in total. The molecular formula is C13H12Br2FNS. The first-order valence-electron chi connectivity index (χ1n) is 5.56. The maximum Gasteiger partial charge on any atom is 0.137 e. The lowest BCUT2D eigenvalue weighted by Gasteiger charge is -2.18. The Morgan fingerprint density at radius 3 is 2.67 bits per heavy atom. The van der Waals surface area contributed by atoms with Gasteiger partial charge in [0.2, 0.25) is 0 Å². The van der Waals surface area contributed by atoms with E-state index in [9.17, 15) is 4.39 Å². The summed E-state index contributed by atoms with van der Waals surface area (Å²) in [6.45, 7) is 2.87. The topological polar surface area (TPSA) is 12.0 Å². The summed E-state index contributed by atoms with van der Waals surface area (Å²) in [7, 11) is 0. The van der Waals surface area contributed by atoms with Crippen LogP contribution in [-0.4, -0.2) is 6.54 Å². The van der Waals surface area contributed by atoms with Gasteiger partial charge in [-0.1, -0.05) is 19.1 Å². The first-order valence-corrected chi connectivity index (χ1v) is 7.96. The Kier molecular flexibility index (Phi) is 4.95. The third-order valence-electron chi connectivity index (χ3n) is 2.58. The highest BCUT2D eigenvalue weighted by Crippen LogP contribution is 2.35. The molecule has 1 aromatic carbocycles. The summed E-state index contributed by atoms with van der Waals surface area (Å²) >= 11 is 8.45. The Morgan fingerprint density at radius 1 is 1.28 bits per heavy atom. The van der Waals surface area contributed by atoms with E-state index in [2.05, 4.69) is 43.2 Å². The Hall–Kier alpha value is -0.230. The van der Waals surface area contributed by atoms with Gasteiger partial charge in [-0.15, -0.1) is 11.3 Å². The van der Waals surface area contributed by atoms with Crippen LogP contribution in [0.25, 0.3) is 0 Å². The van der Waals surface area contributed by atoms with Crippen molar-refractivity contribution in [3.05, 3.63) is 54.8 Å². The van der Waals surface area contributed by atoms with E-state index in [0.717, 1.165) is 20.8 Å². The first-order chi connectivity index (χ1) is 8.63. The van der Waals surface area contributed by atoms with Crippen molar-refractivity contribution in [3.63, 3.8) is 0 Å². The molecule has 1 heterocycles. The van der Waals surface area contributed by atoms with Crippen LogP contribution in [0, 0.1) is 5.82 Å². The fourth-order valence-corrected chi connectivity index (χ4v) is 3.81. The monoisotopic (exact) mass is 391 g/mol. The number of halogens is 3. The van der Waals surface area contributed by atoms with Crippen LogP contribution in [0.2, 0.25) is 0 Å². The maximum atomic E-state index is 13.6. The smallest absolute Gasteiger partial charge is 0.137 e. The molecule has 0 aliphatic rings. The summed E-state index contributed by atoms with van der Waals surface area (Å²) in [5.74, 6) is -0.231. The van der Waals surface area contributed by atoms with Crippen LogP contribution in [0.3, 0.4) is 0 Å². The van der Waals surface area contributed by atoms with Crippen LogP contribution in [-0.2, 0) is 0 Å². The molecule has 2 rings (SSSR count). The van der Waals surface area contributed by atoms with Crippen LogP contribution in [0.1, 0.15) is 23.4 Å². The summed E-state index contributed by atoms with van der Waals surface area (Å²) in [6, 6.07) is 9.21. The molecule has 0 aliphatic heterocycles. The van der Waals surface area contributed by atoms with Gasteiger partial charge in [0.1, 0.15) is 5.82 Å². The quantitative estimate of drug-likeness (QED) is 0.762. The van der Waals surface area contributed by atoms with E-state index in [1.165, 1.54) is 6.07 Å². The van der Waals surface area contributed by atoms with Crippen LogP contribution in [0.15, 0.2) is 38.6 Å². The lowest BCUT2D eigenvalue weighted by atomic mass is 10.1. The Balaban J connectivity index is 2.44. The molecule has 18 heavy (non-hydrogen) atoms.